The fraction of sp³-hybridized carbons (Fsp3) is 0.333. The van der Waals surface area contributed by atoms with Gasteiger partial charge in [-0.3, -0.25) is 9.59 Å². The van der Waals surface area contributed by atoms with Crippen molar-refractivity contribution in [1.29, 1.82) is 0 Å². The Morgan fingerprint density at radius 2 is 1.96 bits per heavy atom. The minimum Gasteiger partial charge on any atom is -0.480 e. The molecule has 1 aromatic heterocycles. The maximum absolute atomic E-state index is 12.6. The topological polar surface area (TPSA) is 110 Å². The summed E-state index contributed by atoms with van der Waals surface area (Å²) in [6.07, 6.45) is 1.71. The van der Waals surface area contributed by atoms with E-state index in [-0.39, 0.29) is 11.8 Å². The molecule has 0 radical (unpaired) electrons. The molecular formula is C18H21N5O3. The van der Waals surface area contributed by atoms with Crippen molar-refractivity contribution in [3.8, 4) is 5.88 Å². The number of ether oxygens (including phenoxy) is 1. The summed E-state index contributed by atoms with van der Waals surface area (Å²) in [6.45, 7) is 1.41. The van der Waals surface area contributed by atoms with E-state index in [4.69, 9.17) is 10.5 Å². The van der Waals surface area contributed by atoms with Gasteiger partial charge in [-0.2, -0.15) is 0 Å². The molecule has 26 heavy (non-hydrogen) atoms. The molecule has 8 nitrogen and oxygen atoms in total. The Morgan fingerprint density at radius 1 is 1.19 bits per heavy atom. The van der Waals surface area contributed by atoms with Gasteiger partial charge in [0, 0.05) is 30.4 Å². The van der Waals surface area contributed by atoms with E-state index in [1.807, 2.05) is 6.07 Å². The number of piperidine rings is 1. The smallest absolute Gasteiger partial charge is 0.248 e. The van der Waals surface area contributed by atoms with Gasteiger partial charge in [0.25, 0.3) is 0 Å². The molecule has 0 unspecified atom stereocenters. The van der Waals surface area contributed by atoms with Crippen LogP contribution in [0.3, 0.4) is 0 Å². The van der Waals surface area contributed by atoms with Crippen molar-refractivity contribution in [2.45, 2.75) is 12.8 Å². The van der Waals surface area contributed by atoms with Crippen LogP contribution in [0.2, 0.25) is 0 Å². The van der Waals surface area contributed by atoms with Gasteiger partial charge in [0.1, 0.15) is 0 Å². The number of carbonyl (C=O) groups excluding carboxylic acids is 2. The minimum atomic E-state index is -0.494. The first kappa shape index (κ1) is 17.7. The Balaban J connectivity index is 1.62. The molecule has 8 heteroatoms. The maximum atomic E-state index is 12.6. The van der Waals surface area contributed by atoms with Gasteiger partial charge in [-0.15, -0.1) is 10.2 Å². The summed E-state index contributed by atoms with van der Waals surface area (Å²) in [4.78, 5) is 25.7. The highest BCUT2D eigenvalue weighted by atomic mass is 16.5. The number of benzene rings is 1. The second-order valence-electron chi connectivity index (χ2n) is 6.15. The first-order valence-electron chi connectivity index (χ1n) is 8.40. The molecule has 0 saturated carbocycles. The standard InChI is InChI=1S/C18H21N5O3/c1-26-16-9-8-15(21-22-16)23-10-2-3-13(11-23)18(25)20-14-6-4-12(5-7-14)17(19)24/h4-9,13H,2-3,10-11H2,1H3,(H2,19,24)(H,20,25)/t13-/m1/s1. The fourth-order valence-corrected chi connectivity index (χ4v) is 2.95. The number of amides is 2. The lowest BCUT2D eigenvalue weighted by Crippen LogP contribution is -2.41. The Hall–Kier alpha value is -3.16. The predicted octanol–water partition coefficient (Wildman–Crippen LogP) is 1.44. The zero-order valence-corrected chi connectivity index (χ0v) is 14.5. The normalized spacial score (nSPS) is 16.8. The highest BCUT2D eigenvalue weighted by Crippen LogP contribution is 2.23. The number of nitrogens with two attached hydrogens (primary N) is 1. The zero-order chi connectivity index (χ0) is 18.5. The number of carbonyl (C=O) groups is 2. The van der Waals surface area contributed by atoms with Gasteiger partial charge in [-0.25, -0.2) is 0 Å². The molecule has 1 aliphatic heterocycles. The predicted molar refractivity (Wildman–Crippen MR) is 97.1 cm³/mol. The SMILES string of the molecule is COc1ccc(N2CCC[C@@H](C(=O)Nc3ccc(C(N)=O)cc3)C2)nn1. The van der Waals surface area contributed by atoms with Crippen molar-refractivity contribution in [2.24, 2.45) is 11.7 Å². The number of nitrogens with one attached hydrogen (secondary N) is 1. The van der Waals surface area contributed by atoms with Crippen molar-refractivity contribution in [1.82, 2.24) is 10.2 Å². The average Bonchev–Trinajstić information content (AvgIpc) is 2.68. The highest BCUT2D eigenvalue weighted by Gasteiger charge is 2.26. The van der Waals surface area contributed by atoms with Gasteiger partial charge in [0.2, 0.25) is 17.7 Å². The average molecular weight is 355 g/mol. The molecule has 3 rings (SSSR count). The zero-order valence-electron chi connectivity index (χ0n) is 14.5. The quantitative estimate of drug-likeness (QED) is 0.840. The van der Waals surface area contributed by atoms with Crippen LogP contribution in [0.1, 0.15) is 23.2 Å². The lowest BCUT2D eigenvalue weighted by Gasteiger charge is -2.32. The number of hydrogen-bond donors (Lipinski definition) is 2. The molecule has 1 aromatic carbocycles. The van der Waals surface area contributed by atoms with E-state index in [2.05, 4.69) is 20.4 Å². The lowest BCUT2D eigenvalue weighted by molar-refractivity contribution is -0.120. The second-order valence-corrected chi connectivity index (χ2v) is 6.15. The van der Waals surface area contributed by atoms with Gasteiger partial charge >= 0.3 is 0 Å². The largest absolute Gasteiger partial charge is 0.480 e. The molecule has 3 N–H and O–H groups in total. The Morgan fingerprint density at radius 3 is 2.58 bits per heavy atom. The molecular weight excluding hydrogens is 334 g/mol. The van der Waals surface area contributed by atoms with Crippen LogP contribution in [0.15, 0.2) is 36.4 Å². The Kier molecular flexibility index (Phi) is 5.31. The van der Waals surface area contributed by atoms with Crippen LogP contribution in [0.25, 0.3) is 0 Å². The van der Waals surface area contributed by atoms with Crippen molar-refractivity contribution < 1.29 is 14.3 Å². The van der Waals surface area contributed by atoms with E-state index < -0.39 is 5.91 Å². The minimum absolute atomic E-state index is 0.0528. The summed E-state index contributed by atoms with van der Waals surface area (Å²) in [5.41, 5.74) is 6.27. The van der Waals surface area contributed by atoms with Crippen LogP contribution in [0, 0.1) is 5.92 Å². The molecule has 2 amide bonds. The molecule has 0 spiro atoms. The van der Waals surface area contributed by atoms with E-state index in [1.54, 1.807) is 37.4 Å². The Labute approximate surface area is 151 Å². The number of rotatable bonds is 5. The number of anilines is 2. The molecule has 0 aliphatic carbocycles. The second kappa shape index (κ2) is 7.81. The van der Waals surface area contributed by atoms with Crippen LogP contribution in [0.5, 0.6) is 5.88 Å². The lowest BCUT2D eigenvalue weighted by atomic mass is 9.97. The number of hydrogen-bond acceptors (Lipinski definition) is 6. The third-order valence-electron chi connectivity index (χ3n) is 4.39. The number of aromatic nitrogens is 2. The van der Waals surface area contributed by atoms with Gasteiger partial charge in [-0.1, -0.05) is 0 Å². The van der Waals surface area contributed by atoms with E-state index in [9.17, 15) is 9.59 Å². The maximum Gasteiger partial charge on any atom is 0.248 e. The first-order chi connectivity index (χ1) is 12.6. The van der Waals surface area contributed by atoms with Gasteiger partial charge < -0.3 is 20.7 Å². The first-order valence-corrected chi connectivity index (χ1v) is 8.40. The molecule has 2 heterocycles. The van der Waals surface area contributed by atoms with Crippen molar-refractivity contribution >= 4 is 23.3 Å². The fourth-order valence-electron chi connectivity index (χ4n) is 2.95. The molecule has 1 aliphatic rings. The number of nitrogens with zero attached hydrogens (tertiary/aromatic N) is 3. The molecule has 1 fully saturated rings. The van der Waals surface area contributed by atoms with Crippen LogP contribution in [-0.4, -0.2) is 42.2 Å². The van der Waals surface area contributed by atoms with Gasteiger partial charge in [0.15, 0.2) is 5.82 Å². The Bertz CT molecular complexity index is 776. The summed E-state index contributed by atoms with van der Waals surface area (Å²) >= 11 is 0. The molecule has 1 saturated heterocycles. The van der Waals surface area contributed by atoms with Crippen LogP contribution >= 0.6 is 0 Å². The van der Waals surface area contributed by atoms with E-state index in [0.717, 1.165) is 25.2 Å². The van der Waals surface area contributed by atoms with E-state index in [0.29, 0.717) is 23.7 Å². The van der Waals surface area contributed by atoms with Crippen molar-refractivity contribution in [2.75, 3.05) is 30.4 Å². The molecule has 1 atom stereocenters. The third kappa shape index (κ3) is 4.08. The summed E-state index contributed by atoms with van der Waals surface area (Å²) in [7, 11) is 1.54. The van der Waals surface area contributed by atoms with E-state index >= 15 is 0 Å². The summed E-state index contributed by atoms with van der Waals surface area (Å²) in [5.74, 6) is 0.492. The number of methoxy groups -OCH3 is 1. The van der Waals surface area contributed by atoms with Crippen molar-refractivity contribution in [3.05, 3.63) is 42.0 Å². The van der Waals surface area contributed by atoms with Gasteiger partial charge in [0.05, 0.1) is 13.0 Å². The van der Waals surface area contributed by atoms with E-state index in [1.165, 1.54) is 0 Å². The molecule has 0 bridgehead atoms. The van der Waals surface area contributed by atoms with Crippen molar-refractivity contribution in [3.63, 3.8) is 0 Å². The number of primary amides is 1. The third-order valence-corrected chi connectivity index (χ3v) is 4.39. The molecule has 2 aromatic rings. The highest BCUT2D eigenvalue weighted by molar-refractivity contribution is 5.95. The van der Waals surface area contributed by atoms with Crippen LogP contribution in [0.4, 0.5) is 11.5 Å². The summed E-state index contributed by atoms with van der Waals surface area (Å²) in [5, 5.41) is 11.0. The molecule has 136 valence electrons. The summed E-state index contributed by atoms with van der Waals surface area (Å²) in [6, 6.07) is 10.1. The summed E-state index contributed by atoms with van der Waals surface area (Å²) < 4.78 is 5.02. The van der Waals surface area contributed by atoms with Crippen LogP contribution < -0.4 is 20.7 Å². The van der Waals surface area contributed by atoms with Gasteiger partial charge in [-0.05, 0) is 43.2 Å². The van der Waals surface area contributed by atoms with Crippen LogP contribution in [-0.2, 0) is 4.79 Å². The monoisotopic (exact) mass is 355 g/mol.